The van der Waals surface area contributed by atoms with E-state index in [1.54, 1.807) is 7.11 Å². The van der Waals surface area contributed by atoms with Crippen LogP contribution in [0.5, 0.6) is 5.75 Å². The molecule has 2 unspecified atom stereocenters. The first-order valence-electron chi connectivity index (χ1n) is 6.76. The average Bonchev–Trinajstić information content (AvgIpc) is 2.42. The molecule has 1 aromatic carbocycles. The SMILES string of the molecule is COc1ccccc1CC(=O)NC1CCCCC1Br. The zero-order valence-corrected chi connectivity index (χ0v) is 12.8. The number of halogens is 1. The summed E-state index contributed by atoms with van der Waals surface area (Å²) in [5.74, 6) is 0.845. The van der Waals surface area contributed by atoms with E-state index in [1.165, 1.54) is 12.8 Å². The summed E-state index contributed by atoms with van der Waals surface area (Å²) in [5.41, 5.74) is 0.935. The summed E-state index contributed by atoms with van der Waals surface area (Å²) in [7, 11) is 1.63. The number of rotatable bonds is 4. The average molecular weight is 326 g/mol. The maximum Gasteiger partial charge on any atom is 0.224 e. The third-order valence-electron chi connectivity index (χ3n) is 3.57. The number of hydrogen-bond acceptors (Lipinski definition) is 2. The summed E-state index contributed by atoms with van der Waals surface area (Å²) in [4.78, 5) is 12.5. The number of benzene rings is 1. The van der Waals surface area contributed by atoms with Crippen molar-refractivity contribution in [2.75, 3.05) is 7.11 Å². The van der Waals surface area contributed by atoms with Crippen LogP contribution in [0.3, 0.4) is 0 Å². The number of carbonyl (C=O) groups is 1. The van der Waals surface area contributed by atoms with E-state index in [2.05, 4.69) is 21.2 Å². The molecule has 0 aromatic heterocycles. The van der Waals surface area contributed by atoms with Gasteiger partial charge in [0.25, 0.3) is 0 Å². The van der Waals surface area contributed by atoms with E-state index in [1.807, 2.05) is 24.3 Å². The molecule has 0 aliphatic heterocycles. The highest BCUT2D eigenvalue weighted by Gasteiger charge is 2.24. The molecule has 1 saturated carbocycles. The molecule has 1 aliphatic carbocycles. The van der Waals surface area contributed by atoms with Crippen LogP contribution in [0.1, 0.15) is 31.2 Å². The standard InChI is InChI=1S/C15H20BrNO2/c1-19-14-9-5-2-6-11(14)10-15(18)17-13-8-4-3-7-12(13)16/h2,5-6,9,12-13H,3-4,7-8,10H2,1H3,(H,17,18). The van der Waals surface area contributed by atoms with Crippen molar-refractivity contribution in [1.82, 2.24) is 5.32 Å². The van der Waals surface area contributed by atoms with Gasteiger partial charge in [0.15, 0.2) is 0 Å². The summed E-state index contributed by atoms with van der Waals surface area (Å²) >= 11 is 3.66. The quantitative estimate of drug-likeness (QED) is 0.864. The van der Waals surface area contributed by atoms with Crippen LogP contribution in [0.25, 0.3) is 0 Å². The molecule has 0 heterocycles. The fraction of sp³-hybridized carbons (Fsp3) is 0.533. The Morgan fingerprint density at radius 2 is 2.11 bits per heavy atom. The Morgan fingerprint density at radius 3 is 2.84 bits per heavy atom. The molecule has 0 radical (unpaired) electrons. The van der Waals surface area contributed by atoms with Gasteiger partial charge in [-0.2, -0.15) is 0 Å². The Balaban J connectivity index is 1.93. The minimum absolute atomic E-state index is 0.0702. The number of nitrogens with one attached hydrogen (secondary N) is 1. The Bertz CT molecular complexity index is 436. The van der Waals surface area contributed by atoms with Crippen LogP contribution in [-0.2, 0) is 11.2 Å². The maximum absolute atomic E-state index is 12.1. The van der Waals surface area contributed by atoms with Crippen molar-refractivity contribution in [3.05, 3.63) is 29.8 Å². The lowest BCUT2D eigenvalue weighted by Gasteiger charge is -2.28. The fourth-order valence-electron chi connectivity index (χ4n) is 2.53. The molecule has 1 aromatic rings. The Labute approximate surface area is 122 Å². The summed E-state index contributed by atoms with van der Waals surface area (Å²) in [5, 5.41) is 3.13. The molecule has 104 valence electrons. The molecular formula is C15H20BrNO2. The molecule has 1 N–H and O–H groups in total. The Morgan fingerprint density at radius 1 is 1.37 bits per heavy atom. The number of carbonyl (C=O) groups excluding carboxylic acids is 1. The van der Waals surface area contributed by atoms with Gasteiger partial charge in [-0.25, -0.2) is 0 Å². The minimum atomic E-state index is 0.0702. The maximum atomic E-state index is 12.1. The van der Waals surface area contributed by atoms with Gasteiger partial charge in [-0.3, -0.25) is 4.79 Å². The number of para-hydroxylation sites is 1. The van der Waals surface area contributed by atoms with Crippen LogP contribution in [0.2, 0.25) is 0 Å². The van der Waals surface area contributed by atoms with E-state index in [4.69, 9.17) is 4.74 Å². The van der Waals surface area contributed by atoms with Gasteiger partial charge in [-0.15, -0.1) is 0 Å². The van der Waals surface area contributed by atoms with Crippen LogP contribution in [0, 0.1) is 0 Å². The molecule has 4 heteroatoms. The molecule has 2 rings (SSSR count). The van der Waals surface area contributed by atoms with Crippen molar-refractivity contribution >= 4 is 21.8 Å². The lowest BCUT2D eigenvalue weighted by atomic mass is 9.95. The smallest absolute Gasteiger partial charge is 0.224 e. The molecule has 0 bridgehead atoms. The molecular weight excluding hydrogens is 306 g/mol. The van der Waals surface area contributed by atoms with Crippen molar-refractivity contribution in [3.63, 3.8) is 0 Å². The molecule has 1 amide bonds. The van der Waals surface area contributed by atoms with Crippen molar-refractivity contribution in [1.29, 1.82) is 0 Å². The number of hydrogen-bond donors (Lipinski definition) is 1. The van der Waals surface area contributed by atoms with Crippen LogP contribution >= 0.6 is 15.9 Å². The van der Waals surface area contributed by atoms with Gasteiger partial charge in [-0.1, -0.05) is 47.0 Å². The van der Waals surface area contributed by atoms with Gasteiger partial charge in [0.1, 0.15) is 5.75 Å². The summed E-state index contributed by atoms with van der Waals surface area (Å²) in [6.45, 7) is 0. The van der Waals surface area contributed by atoms with E-state index in [0.717, 1.165) is 24.2 Å². The van der Waals surface area contributed by atoms with Gasteiger partial charge in [0.05, 0.1) is 13.5 Å². The first-order valence-corrected chi connectivity index (χ1v) is 7.67. The number of methoxy groups -OCH3 is 1. The molecule has 19 heavy (non-hydrogen) atoms. The van der Waals surface area contributed by atoms with Gasteiger partial charge in [-0.05, 0) is 18.9 Å². The topological polar surface area (TPSA) is 38.3 Å². The second-order valence-corrected chi connectivity index (χ2v) is 6.14. The lowest BCUT2D eigenvalue weighted by Crippen LogP contribution is -2.43. The molecule has 0 saturated heterocycles. The lowest BCUT2D eigenvalue weighted by molar-refractivity contribution is -0.121. The van der Waals surface area contributed by atoms with Crippen LogP contribution < -0.4 is 10.1 Å². The van der Waals surface area contributed by atoms with Crippen molar-refractivity contribution in [3.8, 4) is 5.75 Å². The van der Waals surface area contributed by atoms with E-state index >= 15 is 0 Å². The molecule has 2 atom stereocenters. The van der Waals surface area contributed by atoms with Crippen LogP contribution in [-0.4, -0.2) is 23.9 Å². The molecule has 0 spiro atoms. The van der Waals surface area contributed by atoms with Gasteiger partial charge in [0, 0.05) is 16.4 Å². The molecule has 1 aliphatic rings. The second-order valence-electron chi connectivity index (χ2n) is 4.96. The highest BCUT2D eigenvalue weighted by atomic mass is 79.9. The first-order chi connectivity index (χ1) is 9.20. The van der Waals surface area contributed by atoms with Crippen LogP contribution in [0.4, 0.5) is 0 Å². The molecule has 1 fully saturated rings. The third-order valence-corrected chi connectivity index (χ3v) is 4.67. The largest absolute Gasteiger partial charge is 0.496 e. The summed E-state index contributed by atoms with van der Waals surface area (Å²) in [6, 6.07) is 7.92. The zero-order valence-electron chi connectivity index (χ0n) is 11.2. The van der Waals surface area contributed by atoms with Crippen molar-refractivity contribution < 1.29 is 9.53 Å². The number of alkyl halides is 1. The van der Waals surface area contributed by atoms with Crippen molar-refractivity contribution in [2.24, 2.45) is 0 Å². The summed E-state index contributed by atoms with van der Waals surface area (Å²) < 4.78 is 5.27. The predicted molar refractivity (Wildman–Crippen MR) is 79.8 cm³/mol. The number of amides is 1. The zero-order chi connectivity index (χ0) is 13.7. The van der Waals surface area contributed by atoms with Gasteiger partial charge in [0.2, 0.25) is 5.91 Å². The van der Waals surface area contributed by atoms with Crippen LogP contribution in [0.15, 0.2) is 24.3 Å². The van der Waals surface area contributed by atoms with Gasteiger partial charge >= 0.3 is 0 Å². The summed E-state index contributed by atoms with van der Waals surface area (Å²) in [6.07, 6.45) is 5.02. The number of ether oxygens (including phenoxy) is 1. The van der Waals surface area contributed by atoms with E-state index < -0.39 is 0 Å². The van der Waals surface area contributed by atoms with E-state index in [9.17, 15) is 4.79 Å². The minimum Gasteiger partial charge on any atom is -0.496 e. The molecule has 3 nitrogen and oxygen atoms in total. The fourth-order valence-corrected chi connectivity index (χ4v) is 3.25. The Kier molecular flexibility index (Phi) is 5.25. The second kappa shape index (κ2) is 6.94. The van der Waals surface area contributed by atoms with E-state index in [0.29, 0.717) is 11.2 Å². The highest BCUT2D eigenvalue weighted by molar-refractivity contribution is 9.09. The first kappa shape index (κ1) is 14.4. The van der Waals surface area contributed by atoms with E-state index in [-0.39, 0.29) is 11.9 Å². The highest BCUT2D eigenvalue weighted by Crippen LogP contribution is 2.25. The van der Waals surface area contributed by atoms with Crippen molar-refractivity contribution in [2.45, 2.75) is 43.0 Å². The third kappa shape index (κ3) is 3.96. The normalized spacial score (nSPS) is 22.8. The Hall–Kier alpha value is -1.03. The predicted octanol–water partition coefficient (Wildman–Crippen LogP) is 3.06. The van der Waals surface area contributed by atoms with Gasteiger partial charge < -0.3 is 10.1 Å². The monoisotopic (exact) mass is 325 g/mol.